The number of hydrogen-bond acceptors (Lipinski definition) is 4. The molecule has 3 heterocycles. The fourth-order valence-electron chi connectivity index (χ4n) is 3.13. The summed E-state index contributed by atoms with van der Waals surface area (Å²) in [5.41, 5.74) is 2.18. The van der Waals surface area contributed by atoms with E-state index in [1.54, 1.807) is 6.33 Å². The van der Waals surface area contributed by atoms with Gasteiger partial charge in [-0.2, -0.15) is 9.61 Å². The molecule has 114 valence electrons. The smallest absolute Gasteiger partial charge is 0.157 e. The van der Waals surface area contributed by atoms with E-state index in [1.165, 1.54) is 24.2 Å². The van der Waals surface area contributed by atoms with Crippen LogP contribution in [0.3, 0.4) is 0 Å². The van der Waals surface area contributed by atoms with Crippen LogP contribution in [0.25, 0.3) is 5.65 Å². The van der Waals surface area contributed by atoms with Crippen molar-refractivity contribution in [2.75, 3.05) is 24.5 Å². The molecule has 21 heavy (non-hydrogen) atoms. The highest BCUT2D eigenvalue weighted by molar-refractivity contribution is 5.54. The predicted molar refractivity (Wildman–Crippen MR) is 85.8 cm³/mol. The highest BCUT2D eigenvalue weighted by Gasteiger charge is 2.26. The molecule has 0 amide bonds. The van der Waals surface area contributed by atoms with Gasteiger partial charge < -0.3 is 10.2 Å². The van der Waals surface area contributed by atoms with Crippen LogP contribution in [-0.2, 0) is 0 Å². The Morgan fingerprint density at radius 3 is 3.05 bits per heavy atom. The SMILES string of the molecule is Cc1cc(N2CCCC2CNCC(C)C)n2ncnc2c1. The lowest BCUT2D eigenvalue weighted by Crippen LogP contribution is -2.40. The van der Waals surface area contributed by atoms with E-state index in [1.807, 2.05) is 4.52 Å². The Morgan fingerprint density at radius 2 is 2.24 bits per heavy atom. The number of hydrogen-bond donors (Lipinski definition) is 1. The third-order valence-corrected chi connectivity index (χ3v) is 4.11. The monoisotopic (exact) mass is 287 g/mol. The summed E-state index contributed by atoms with van der Waals surface area (Å²) in [5, 5.41) is 7.99. The van der Waals surface area contributed by atoms with Gasteiger partial charge in [-0.15, -0.1) is 0 Å². The second kappa shape index (κ2) is 6.02. The Morgan fingerprint density at radius 1 is 1.38 bits per heavy atom. The summed E-state index contributed by atoms with van der Waals surface area (Å²) >= 11 is 0. The van der Waals surface area contributed by atoms with Gasteiger partial charge in [-0.05, 0) is 49.9 Å². The molecule has 1 aliphatic heterocycles. The Hall–Kier alpha value is -1.62. The van der Waals surface area contributed by atoms with E-state index >= 15 is 0 Å². The molecule has 0 radical (unpaired) electrons. The fraction of sp³-hybridized carbons (Fsp3) is 0.625. The van der Waals surface area contributed by atoms with Gasteiger partial charge in [-0.3, -0.25) is 0 Å². The normalized spacial score (nSPS) is 19.0. The zero-order chi connectivity index (χ0) is 14.8. The number of aryl methyl sites for hydroxylation is 1. The van der Waals surface area contributed by atoms with Gasteiger partial charge in [-0.25, -0.2) is 4.98 Å². The van der Waals surface area contributed by atoms with Crippen molar-refractivity contribution < 1.29 is 0 Å². The van der Waals surface area contributed by atoms with Crippen molar-refractivity contribution in [1.29, 1.82) is 0 Å². The fourth-order valence-corrected chi connectivity index (χ4v) is 3.13. The summed E-state index contributed by atoms with van der Waals surface area (Å²) < 4.78 is 1.97. The molecule has 0 bridgehead atoms. The molecule has 5 heteroatoms. The number of pyridine rings is 1. The van der Waals surface area contributed by atoms with Crippen molar-refractivity contribution in [3.8, 4) is 0 Å². The van der Waals surface area contributed by atoms with Crippen molar-refractivity contribution in [3.05, 3.63) is 24.0 Å². The van der Waals surface area contributed by atoms with Crippen molar-refractivity contribution in [2.45, 2.75) is 39.7 Å². The summed E-state index contributed by atoms with van der Waals surface area (Å²) in [4.78, 5) is 6.82. The minimum absolute atomic E-state index is 0.554. The zero-order valence-corrected chi connectivity index (χ0v) is 13.2. The maximum absolute atomic E-state index is 4.39. The molecule has 0 aromatic carbocycles. The molecule has 2 aromatic heterocycles. The Balaban J connectivity index is 1.81. The molecule has 1 N–H and O–H groups in total. The number of nitrogens with one attached hydrogen (secondary N) is 1. The van der Waals surface area contributed by atoms with Gasteiger partial charge in [0.05, 0.1) is 0 Å². The summed E-state index contributed by atoms with van der Waals surface area (Å²) in [5.74, 6) is 1.87. The molecule has 0 saturated carbocycles. The van der Waals surface area contributed by atoms with Gasteiger partial charge in [-0.1, -0.05) is 13.8 Å². The third kappa shape index (κ3) is 3.02. The molecule has 5 nitrogen and oxygen atoms in total. The highest BCUT2D eigenvalue weighted by atomic mass is 15.4. The van der Waals surface area contributed by atoms with Crippen LogP contribution in [0.15, 0.2) is 18.5 Å². The lowest BCUT2D eigenvalue weighted by molar-refractivity contribution is 0.510. The van der Waals surface area contributed by atoms with Crippen LogP contribution in [0, 0.1) is 12.8 Å². The van der Waals surface area contributed by atoms with E-state index in [0.717, 1.165) is 25.3 Å². The lowest BCUT2D eigenvalue weighted by Gasteiger charge is -2.27. The average Bonchev–Trinajstić information content (AvgIpc) is 3.05. The van der Waals surface area contributed by atoms with E-state index in [4.69, 9.17) is 0 Å². The first-order valence-electron chi connectivity index (χ1n) is 7.93. The molecule has 0 spiro atoms. The Kier molecular flexibility index (Phi) is 4.10. The van der Waals surface area contributed by atoms with E-state index in [2.05, 4.69) is 53.2 Å². The topological polar surface area (TPSA) is 45.5 Å². The summed E-state index contributed by atoms with van der Waals surface area (Å²) in [6, 6.07) is 4.86. The minimum Gasteiger partial charge on any atom is -0.352 e. The maximum atomic E-state index is 4.39. The second-order valence-electron chi connectivity index (χ2n) is 6.46. The number of rotatable bonds is 5. The van der Waals surface area contributed by atoms with Gasteiger partial charge >= 0.3 is 0 Å². The Labute approximate surface area is 126 Å². The number of aromatic nitrogens is 3. The minimum atomic E-state index is 0.554. The van der Waals surface area contributed by atoms with Crippen LogP contribution in [0.4, 0.5) is 5.82 Å². The van der Waals surface area contributed by atoms with E-state index < -0.39 is 0 Å². The first-order valence-corrected chi connectivity index (χ1v) is 7.93. The number of anilines is 1. The molecule has 1 aliphatic rings. The molecule has 1 atom stereocenters. The van der Waals surface area contributed by atoms with E-state index in [0.29, 0.717) is 12.0 Å². The van der Waals surface area contributed by atoms with Crippen molar-refractivity contribution in [2.24, 2.45) is 5.92 Å². The number of nitrogens with zero attached hydrogens (tertiary/aromatic N) is 4. The standard InChI is InChI=1S/C16H25N5/c1-12(2)9-17-10-14-5-4-6-20(14)16-8-13(3)7-15-18-11-19-21(15)16/h7-8,11-12,14,17H,4-6,9-10H2,1-3H3. The maximum Gasteiger partial charge on any atom is 0.157 e. The Bertz CT molecular complexity index is 604. The van der Waals surface area contributed by atoms with Gasteiger partial charge in [0.15, 0.2) is 5.65 Å². The van der Waals surface area contributed by atoms with E-state index in [-0.39, 0.29) is 0 Å². The van der Waals surface area contributed by atoms with Crippen LogP contribution in [0.1, 0.15) is 32.3 Å². The van der Waals surface area contributed by atoms with Crippen LogP contribution < -0.4 is 10.2 Å². The summed E-state index contributed by atoms with van der Waals surface area (Å²) in [6.07, 6.45) is 4.13. The summed E-state index contributed by atoms with van der Waals surface area (Å²) in [6.45, 7) is 9.85. The highest BCUT2D eigenvalue weighted by Crippen LogP contribution is 2.26. The second-order valence-corrected chi connectivity index (χ2v) is 6.46. The van der Waals surface area contributed by atoms with Crippen LogP contribution >= 0.6 is 0 Å². The van der Waals surface area contributed by atoms with E-state index in [9.17, 15) is 0 Å². The third-order valence-electron chi connectivity index (χ3n) is 4.11. The van der Waals surface area contributed by atoms with Gasteiger partial charge in [0, 0.05) is 19.1 Å². The molecular formula is C16H25N5. The zero-order valence-electron chi connectivity index (χ0n) is 13.2. The predicted octanol–water partition coefficient (Wildman–Crippen LogP) is 2.25. The largest absolute Gasteiger partial charge is 0.352 e. The van der Waals surface area contributed by atoms with Crippen molar-refractivity contribution >= 4 is 11.5 Å². The lowest BCUT2D eigenvalue weighted by atomic mass is 10.2. The molecular weight excluding hydrogens is 262 g/mol. The molecule has 1 unspecified atom stereocenters. The van der Waals surface area contributed by atoms with Gasteiger partial charge in [0.25, 0.3) is 0 Å². The first kappa shape index (κ1) is 14.3. The molecule has 3 rings (SSSR count). The van der Waals surface area contributed by atoms with Crippen LogP contribution in [-0.4, -0.2) is 40.3 Å². The molecule has 2 aromatic rings. The number of fused-ring (bicyclic) bond motifs is 1. The van der Waals surface area contributed by atoms with Gasteiger partial charge in [0.1, 0.15) is 12.1 Å². The van der Waals surface area contributed by atoms with Crippen LogP contribution in [0.5, 0.6) is 0 Å². The van der Waals surface area contributed by atoms with Crippen LogP contribution in [0.2, 0.25) is 0 Å². The molecule has 0 aliphatic carbocycles. The quantitative estimate of drug-likeness (QED) is 0.916. The molecule has 1 saturated heterocycles. The average molecular weight is 287 g/mol. The summed E-state index contributed by atoms with van der Waals surface area (Å²) in [7, 11) is 0. The first-order chi connectivity index (χ1) is 10.1. The molecule has 1 fully saturated rings. The van der Waals surface area contributed by atoms with Crippen molar-refractivity contribution in [1.82, 2.24) is 19.9 Å². The van der Waals surface area contributed by atoms with Crippen molar-refractivity contribution in [3.63, 3.8) is 0 Å². The van der Waals surface area contributed by atoms with Gasteiger partial charge in [0.2, 0.25) is 0 Å².